The summed E-state index contributed by atoms with van der Waals surface area (Å²) in [5.41, 5.74) is 0.284. The van der Waals surface area contributed by atoms with Gasteiger partial charge in [0.2, 0.25) is 0 Å². The molecule has 2 N–H and O–H groups in total. The van der Waals surface area contributed by atoms with Crippen molar-refractivity contribution in [2.45, 2.75) is 6.42 Å². The van der Waals surface area contributed by atoms with Crippen LogP contribution in [0.3, 0.4) is 0 Å². The molecule has 1 aromatic carbocycles. The van der Waals surface area contributed by atoms with Crippen molar-refractivity contribution in [2.75, 3.05) is 26.4 Å². The first-order chi connectivity index (χ1) is 8.65. The lowest BCUT2D eigenvalue weighted by Crippen LogP contribution is -2.25. The molecule has 1 aromatic rings. The van der Waals surface area contributed by atoms with Crippen LogP contribution in [0.5, 0.6) is 0 Å². The number of carbonyl (C=O) groups is 1. The Labute approximate surface area is 113 Å². The third-order valence-electron chi connectivity index (χ3n) is 2.17. The molecule has 0 radical (unpaired) electrons. The molecule has 0 heterocycles. The molecule has 0 spiro atoms. The second kappa shape index (κ2) is 8.18. The Bertz CT molecular complexity index is 401. The molecule has 6 heteroatoms. The van der Waals surface area contributed by atoms with Crippen LogP contribution in [-0.4, -0.2) is 37.4 Å². The van der Waals surface area contributed by atoms with Gasteiger partial charge in [-0.25, -0.2) is 4.39 Å². The molecule has 0 aliphatic heterocycles. The smallest absolute Gasteiger partial charge is 0.251 e. The summed E-state index contributed by atoms with van der Waals surface area (Å²) < 4.78 is 18.6. The summed E-state index contributed by atoms with van der Waals surface area (Å²) in [6, 6.07) is 4.22. The molecule has 0 aliphatic carbocycles. The number of nitrogens with one attached hydrogen (secondary N) is 1. The van der Waals surface area contributed by atoms with Gasteiger partial charge in [-0.05, 0) is 40.5 Å². The highest BCUT2D eigenvalue weighted by atomic mass is 79.9. The zero-order valence-electron chi connectivity index (χ0n) is 9.79. The van der Waals surface area contributed by atoms with E-state index in [2.05, 4.69) is 21.2 Å². The minimum Gasteiger partial charge on any atom is -0.394 e. The Morgan fingerprint density at radius 2 is 2.22 bits per heavy atom. The van der Waals surface area contributed by atoms with Crippen LogP contribution < -0.4 is 5.32 Å². The quantitative estimate of drug-likeness (QED) is 0.752. The molecular formula is C12H15BrFNO3. The lowest BCUT2D eigenvalue weighted by molar-refractivity contribution is 0.0867. The largest absolute Gasteiger partial charge is 0.394 e. The molecule has 4 nitrogen and oxygen atoms in total. The van der Waals surface area contributed by atoms with Gasteiger partial charge in [-0.15, -0.1) is 0 Å². The summed E-state index contributed by atoms with van der Waals surface area (Å²) in [7, 11) is 0. The molecule has 1 amide bonds. The highest BCUT2D eigenvalue weighted by molar-refractivity contribution is 9.10. The van der Waals surface area contributed by atoms with E-state index in [0.29, 0.717) is 30.7 Å². The summed E-state index contributed by atoms with van der Waals surface area (Å²) >= 11 is 3.02. The van der Waals surface area contributed by atoms with Crippen molar-refractivity contribution in [3.05, 3.63) is 34.1 Å². The molecule has 0 fully saturated rings. The predicted molar refractivity (Wildman–Crippen MR) is 69.0 cm³/mol. The fraction of sp³-hybridized carbons (Fsp3) is 0.417. The van der Waals surface area contributed by atoms with Crippen LogP contribution in [0.2, 0.25) is 0 Å². The first kappa shape index (κ1) is 15.1. The fourth-order valence-electron chi connectivity index (χ4n) is 1.28. The van der Waals surface area contributed by atoms with Gasteiger partial charge in [-0.1, -0.05) is 0 Å². The average Bonchev–Trinajstić information content (AvgIpc) is 2.36. The number of halogens is 2. The van der Waals surface area contributed by atoms with E-state index in [1.165, 1.54) is 12.1 Å². The molecule has 100 valence electrons. The highest BCUT2D eigenvalue weighted by Gasteiger charge is 2.07. The number of aliphatic hydroxyl groups excluding tert-OH is 1. The van der Waals surface area contributed by atoms with Crippen molar-refractivity contribution >= 4 is 21.8 Å². The zero-order chi connectivity index (χ0) is 13.4. The molecule has 0 saturated carbocycles. The zero-order valence-corrected chi connectivity index (χ0v) is 11.4. The van der Waals surface area contributed by atoms with Gasteiger partial charge in [0.1, 0.15) is 5.82 Å². The van der Waals surface area contributed by atoms with E-state index in [4.69, 9.17) is 9.84 Å². The molecule has 0 bridgehead atoms. The maximum atomic E-state index is 13.2. The molecule has 0 aromatic heterocycles. The number of aliphatic hydroxyl groups is 1. The molecule has 0 saturated heterocycles. The number of rotatable bonds is 7. The lowest BCUT2D eigenvalue weighted by atomic mass is 10.2. The van der Waals surface area contributed by atoms with E-state index in [9.17, 15) is 9.18 Å². The topological polar surface area (TPSA) is 58.6 Å². The van der Waals surface area contributed by atoms with E-state index in [-0.39, 0.29) is 18.1 Å². The number of carbonyl (C=O) groups excluding carboxylic acids is 1. The first-order valence-electron chi connectivity index (χ1n) is 5.57. The van der Waals surface area contributed by atoms with Gasteiger partial charge in [-0.3, -0.25) is 4.79 Å². The minimum atomic E-state index is -0.464. The Balaban J connectivity index is 2.30. The van der Waals surface area contributed by atoms with Crippen molar-refractivity contribution in [3.63, 3.8) is 0 Å². The van der Waals surface area contributed by atoms with E-state index in [1.54, 1.807) is 6.07 Å². The van der Waals surface area contributed by atoms with E-state index in [0.717, 1.165) is 0 Å². The first-order valence-corrected chi connectivity index (χ1v) is 6.36. The summed E-state index contributed by atoms with van der Waals surface area (Å²) in [5.74, 6) is -0.780. The van der Waals surface area contributed by atoms with Crippen molar-refractivity contribution in [3.8, 4) is 0 Å². The van der Waals surface area contributed by atoms with Crippen LogP contribution in [0.15, 0.2) is 22.7 Å². The number of hydrogen-bond donors (Lipinski definition) is 2. The van der Waals surface area contributed by atoms with Crippen LogP contribution in [0.1, 0.15) is 16.8 Å². The van der Waals surface area contributed by atoms with E-state index >= 15 is 0 Å². The average molecular weight is 320 g/mol. The third-order valence-corrected chi connectivity index (χ3v) is 2.81. The molecule has 1 rings (SSSR count). The third kappa shape index (κ3) is 5.12. The Hall–Kier alpha value is -0.980. The SMILES string of the molecule is O=C(NCCCOCCO)c1ccc(Br)c(F)c1. The van der Waals surface area contributed by atoms with Crippen molar-refractivity contribution in [1.29, 1.82) is 0 Å². The fourth-order valence-corrected chi connectivity index (χ4v) is 1.53. The predicted octanol–water partition coefficient (Wildman–Crippen LogP) is 1.72. The normalized spacial score (nSPS) is 10.4. The molecule has 0 aliphatic rings. The number of amides is 1. The second-order valence-electron chi connectivity index (χ2n) is 3.57. The molecule has 18 heavy (non-hydrogen) atoms. The molecular weight excluding hydrogens is 305 g/mol. The summed E-state index contributed by atoms with van der Waals surface area (Å²) in [5, 5.41) is 11.1. The maximum absolute atomic E-state index is 13.2. The molecule has 0 atom stereocenters. The maximum Gasteiger partial charge on any atom is 0.251 e. The Morgan fingerprint density at radius 3 is 2.89 bits per heavy atom. The van der Waals surface area contributed by atoms with Crippen molar-refractivity contribution in [1.82, 2.24) is 5.32 Å². The van der Waals surface area contributed by atoms with Crippen LogP contribution in [0.25, 0.3) is 0 Å². The monoisotopic (exact) mass is 319 g/mol. The van der Waals surface area contributed by atoms with Gasteiger partial charge in [0, 0.05) is 18.7 Å². The van der Waals surface area contributed by atoms with Gasteiger partial charge in [0.15, 0.2) is 0 Å². The van der Waals surface area contributed by atoms with E-state index < -0.39 is 5.82 Å². The number of ether oxygens (including phenoxy) is 1. The summed E-state index contributed by atoms with van der Waals surface area (Å²) in [4.78, 5) is 11.6. The van der Waals surface area contributed by atoms with Gasteiger partial charge in [0.25, 0.3) is 5.91 Å². The van der Waals surface area contributed by atoms with Gasteiger partial charge >= 0.3 is 0 Å². The summed E-state index contributed by atoms with van der Waals surface area (Å²) in [6.45, 7) is 1.20. The van der Waals surface area contributed by atoms with Crippen LogP contribution in [0.4, 0.5) is 4.39 Å². The Kier molecular flexibility index (Phi) is 6.85. The lowest BCUT2D eigenvalue weighted by Gasteiger charge is -2.06. The van der Waals surface area contributed by atoms with Crippen LogP contribution >= 0.6 is 15.9 Å². The standard InChI is InChI=1S/C12H15BrFNO3/c13-10-3-2-9(8-11(10)14)12(17)15-4-1-6-18-7-5-16/h2-3,8,16H,1,4-7H2,(H,15,17). The Morgan fingerprint density at radius 1 is 1.44 bits per heavy atom. The second-order valence-corrected chi connectivity index (χ2v) is 4.43. The molecule has 0 unspecified atom stereocenters. The van der Waals surface area contributed by atoms with Crippen LogP contribution in [-0.2, 0) is 4.74 Å². The van der Waals surface area contributed by atoms with Crippen LogP contribution in [0, 0.1) is 5.82 Å². The van der Waals surface area contributed by atoms with Crippen molar-refractivity contribution < 1.29 is 19.0 Å². The minimum absolute atomic E-state index is 0.00940. The van der Waals surface area contributed by atoms with Gasteiger partial charge in [-0.2, -0.15) is 0 Å². The van der Waals surface area contributed by atoms with E-state index in [1.807, 2.05) is 0 Å². The van der Waals surface area contributed by atoms with Gasteiger partial charge < -0.3 is 15.2 Å². The van der Waals surface area contributed by atoms with Crippen molar-refractivity contribution in [2.24, 2.45) is 0 Å². The highest BCUT2D eigenvalue weighted by Crippen LogP contribution is 2.16. The number of benzene rings is 1. The summed E-state index contributed by atoms with van der Waals surface area (Å²) in [6.07, 6.45) is 0.644. The van der Waals surface area contributed by atoms with Gasteiger partial charge in [0.05, 0.1) is 17.7 Å². The number of hydrogen-bond acceptors (Lipinski definition) is 3.